The van der Waals surface area contributed by atoms with Crippen LogP contribution in [-0.2, 0) is 21.5 Å². The summed E-state index contributed by atoms with van der Waals surface area (Å²) in [5.41, 5.74) is 1.22. The van der Waals surface area contributed by atoms with Gasteiger partial charge in [0.05, 0.1) is 12.1 Å². The minimum absolute atomic E-state index is 0.0368. The first kappa shape index (κ1) is 18.4. The van der Waals surface area contributed by atoms with Crippen LogP contribution in [0.25, 0.3) is 11.5 Å². The lowest BCUT2D eigenvalue weighted by Crippen LogP contribution is -2.40. The highest BCUT2D eigenvalue weighted by atomic mass is 16.3. The number of imide groups is 1. The quantitative estimate of drug-likeness (QED) is 0.580. The highest BCUT2D eigenvalue weighted by Crippen LogP contribution is 2.26. The van der Waals surface area contributed by atoms with Gasteiger partial charge in [0.1, 0.15) is 11.8 Å². The van der Waals surface area contributed by atoms with Gasteiger partial charge >= 0.3 is 6.03 Å². The molecule has 3 N–H and O–H groups in total. The van der Waals surface area contributed by atoms with E-state index in [0.29, 0.717) is 22.8 Å². The fourth-order valence-electron chi connectivity index (χ4n) is 3.13. The topological polar surface area (TPSA) is 113 Å². The zero-order valence-electron chi connectivity index (χ0n) is 15.6. The second-order valence-electron chi connectivity index (χ2n) is 6.85. The Morgan fingerprint density at radius 3 is 2.66 bits per heavy atom. The first-order valence-electron chi connectivity index (χ1n) is 8.98. The summed E-state index contributed by atoms with van der Waals surface area (Å²) in [5.74, 6) is -0.270. The summed E-state index contributed by atoms with van der Waals surface area (Å²) < 4.78 is 5.45. The predicted molar refractivity (Wildman–Crippen MR) is 105 cm³/mol. The van der Waals surface area contributed by atoms with Gasteiger partial charge in [0.15, 0.2) is 0 Å². The third kappa shape index (κ3) is 3.73. The van der Waals surface area contributed by atoms with Crippen molar-refractivity contribution in [3.8, 4) is 11.5 Å². The van der Waals surface area contributed by atoms with Crippen LogP contribution >= 0.6 is 0 Å². The maximum atomic E-state index is 12.4. The number of nitrogens with one attached hydrogen (secondary N) is 3. The molecule has 1 unspecified atom stereocenters. The summed E-state index contributed by atoms with van der Waals surface area (Å²) in [7, 11) is 0. The van der Waals surface area contributed by atoms with E-state index in [1.54, 1.807) is 31.2 Å². The van der Waals surface area contributed by atoms with Gasteiger partial charge in [-0.2, -0.15) is 0 Å². The Labute approximate surface area is 166 Å². The number of carbonyl (C=O) groups is 3. The van der Waals surface area contributed by atoms with Gasteiger partial charge in [0, 0.05) is 11.3 Å². The first-order chi connectivity index (χ1) is 13.9. The molecule has 0 saturated carbocycles. The van der Waals surface area contributed by atoms with Crippen LogP contribution in [0.3, 0.4) is 0 Å². The van der Waals surface area contributed by atoms with Gasteiger partial charge in [-0.15, -0.1) is 0 Å². The Morgan fingerprint density at radius 1 is 1.14 bits per heavy atom. The van der Waals surface area contributed by atoms with Gasteiger partial charge in [-0.1, -0.05) is 30.3 Å². The predicted octanol–water partition coefficient (Wildman–Crippen LogP) is 2.58. The van der Waals surface area contributed by atoms with E-state index in [4.69, 9.17) is 4.42 Å². The molecule has 146 valence electrons. The summed E-state index contributed by atoms with van der Waals surface area (Å²) >= 11 is 0. The highest BCUT2D eigenvalue weighted by molar-refractivity contribution is 6.07. The molecule has 3 aromatic rings. The molecule has 8 heteroatoms. The number of benzene rings is 2. The molecule has 1 aliphatic rings. The van der Waals surface area contributed by atoms with Crippen molar-refractivity contribution in [2.75, 3.05) is 5.32 Å². The lowest BCUT2D eigenvalue weighted by Gasteiger charge is -2.21. The molecule has 1 fully saturated rings. The van der Waals surface area contributed by atoms with Crippen molar-refractivity contribution < 1.29 is 18.8 Å². The summed E-state index contributed by atoms with van der Waals surface area (Å²) in [6.45, 7) is 1.61. The van der Waals surface area contributed by atoms with Crippen molar-refractivity contribution in [1.82, 2.24) is 15.6 Å². The summed E-state index contributed by atoms with van der Waals surface area (Å²) in [5, 5.41) is 7.60. The number of rotatable bonds is 5. The van der Waals surface area contributed by atoms with Crippen molar-refractivity contribution in [1.29, 1.82) is 0 Å². The largest absolute Gasteiger partial charge is 0.444 e. The number of hydrogen-bond donors (Lipinski definition) is 3. The fourth-order valence-corrected chi connectivity index (χ4v) is 3.13. The second kappa shape index (κ2) is 7.23. The van der Waals surface area contributed by atoms with E-state index in [-0.39, 0.29) is 12.3 Å². The van der Waals surface area contributed by atoms with Gasteiger partial charge in [0.2, 0.25) is 11.8 Å². The Kier molecular flexibility index (Phi) is 4.59. The summed E-state index contributed by atoms with van der Waals surface area (Å²) in [4.78, 5) is 40.3. The molecule has 1 aromatic heterocycles. The van der Waals surface area contributed by atoms with Gasteiger partial charge in [-0.25, -0.2) is 9.78 Å². The minimum atomic E-state index is -1.19. The number of oxazole rings is 1. The maximum absolute atomic E-state index is 12.4. The van der Waals surface area contributed by atoms with E-state index in [2.05, 4.69) is 20.9 Å². The minimum Gasteiger partial charge on any atom is -0.444 e. The average Bonchev–Trinajstić information content (AvgIpc) is 3.27. The van der Waals surface area contributed by atoms with Crippen molar-refractivity contribution >= 4 is 23.5 Å². The SMILES string of the molecule is CC1(c2cccc(NC(=O)Cc3coc(-c4ccccc4)n3)c2)NC(=O)NC1=O. The summed E-state index contributed by atoms with van der Waals surface area (Å²) in [6, 6.07) is 15.6. The Bertz CT molecular complexity index is 1090. The van der Waals surface area contributed by atoms with Crippen molar-refractivity contribution in [3.63, 3.8) is 0 Å². The zero-order chi connectivity index (χ0) is 20.4. The normalized spacial score (nSPS) is 18.2. The fraction of sp³-hybridized carbons (Fsp3) is 0.143. The molecule has 1 aliphatic heterocycles. The highest BCUT2D eigenvalue weighted by Gasteiger charge is 2.43. The monoisotopic (exact) mass is 390 g/mol. The van der Waals surface area contributed by atoms with Crippen LogP contribution in [0.5, 0.6) is 0 Å². The van der Waals surface area contributed by atoms with Crippen molar-refractivity contribution in [3.05, 3.63) is 72.1 Å². The first-order valence-corrected chi connectivity index (χ1v) is 8.98. The lowest BCUT2D eigenvalue weighted by atomic mass is 9.92. The molecule has 0 radical (unpaired) electrons. The molecule has 0 spiro atoms. The van der Waals surface area contributed by atoms with E-state index < -0.39 is 17.5 Å². The van der Waals surface area contributed by atoms with Crippen LogP contribution < -0.4 is 16.0 Å². The van der Waals surface area contributed by atoms with Crippen LogP contribution in [0.15, 0.2) is 65.3 Å². The number of urea groups is 1. The maximum Gasteiger partial charge on any atom is 0.322 e. The Morgan fingerprint density at radius 2 is 1.93 bits per heavy atom. The third-order valence-electron chi connectivity index (χ3n) is 4.68. The molecule has 1 saturated heterocycles. The van der Waals surface area contributed by atoms with Gasteiger partial charge in [0.25, 0.3) is 5.91 Å². The Hall–Kier alpha value is -3.94. The average molecular weight is 390 g/mol. The van der Waals surface area contributed by atoms with E-state index in [1.807, 2.05) is 30.3 Å². The van der Waals surface area contributed by atoms with E-state index in [1.165, 1.54) is 6.26 Å². The van der Waals surface area contributed by atoms with Crippen LogP contribution in [0.4, 0.5) is 10.5 Å². The third-order valence-corrected chi connectivity index (χ3v) is 4.68. The van der Waals surface area contributed by atoms with Crippen molar-refractivity contribution in [2.24, 2.45) is 0 Å². The van der Waals surface area contributed by atoms with Crippen LogP contribution in [-0.4, -0.2) is 22.8 Å². The number of amides is 4. The second-order valence-corrected chi connectivity index (χ2v) is 6.85. The molecule has 29 heavy (non-hydrogen) atoms. The Balaban J connectivity index is 1.45. The van der Waals surface area contributed by atoms with Crippen LogP contribution in [0.1, 0.15) is 18.2 Å². The summed E-state index contributed by atoms with van der Waals surface area (Å²) in [6.07, 6.45) is 1.49. The molecule has 8 nitrogen and oxygen atoms in total. The van der Waals surface area contributed by atoms with Gasteiger partial charge in [-0.3, -0.25) is 14.9 Å². The van der Waals surface area contributed by atoms with Crippen molar-refractivity contribution in [2.45, 2.75) is 18.9 Å². The molecule has 2 aromatic carbocycles. The molecular formula is C21H18N4O4. The number of nitrogens with zero attached hydrogens (tertiary/aromatic N) is 1. The smallest absolute Gasteiger partial charge is 0.322 e. The number of hydrogen-bond acceptors (Lipinski definition) is 5. The molecule has 4 amide bonds. The van der Waals surface area contributed by atoms with Crippen LogP contribution in [0.2, 0.25) is 0 Å². The number of aromatic nitrogens is 1. The van der Waals surface area contributed by atoms with Crippen LogP contribution in [0, 0.1) is 0 Å². The van der Waals surface area contributed by atoms with E-state index in [9.17, 15) is 14.4 Å². The van der Waals surface area contributed by atoms with E-state index >= 15 is 0 Å². The standard InChI is InChI=1S/C21H18N4O4/c1-21(19(27)24-20(28)25-21)14-8-5-9-15(10-14)22-17(26)11-16-12-29-18(23-16)13-6-3-2-4-7-13/h2-10,12H,11H2,1H3,(H,22,26)(H2,24,25,27,28). The lowest BCUT2D eigenvalue weighted by molar-refractivity contribution is -0.123. The van der Waals surface area contributed by atoms with Gasteiger partial charge in [-0.05, 0) is 36.8 Å². The molecule has 2 heterocycles. The molecule has 0 aliphatic carbocycles. The van der Waals surface area contributed by atoms with E-state index in [0.717, 1.165) is 5.56 Å². The number of anilines is 1. The molecule has 0 bridgehead atoms. The van der Waals surface area contributed by atoms with Gasteiger partial charge < -0.3 is 15.1 Å². The number of carbonyl (C=O) groups excluding carboxylic acids is 3. The molecule has 1 atom stereocenters. The molecule has 4 rings (SSSR count). The zero-order valence-corrected chi connectivity index (χ0v) is 15.6. The molecular weight excluding hydrogens is 372 g/mol.